The number of unbranched alkanes of at least 4 members (excludes halogenated alkanes) is 1. The highest BCUT2D eigenvalue weighted by Crippen LogP contribution is 1.86. The van der Waals surface area contributed by atoms with E-state index in [0.29, 0.717) is 5.71 Å². The molecule has 1 N–H and O–H groups in total. The zero-order valence-corrected chi connectivity index (χ0v) is 6.85. The van der Waals surface area contributed by atoms with Gasteiger partial charge >= 0.3 is 0 Å². The predicted molar refractivity (Wildman–Crippen MR) is 46.3 cm³/mol. The van der Waals surface area contributed by atoms with E-state index in [-0.39, 0.29) is 0 Å². The van der Waals surface area contributed by atoms with Crippen molar-refractivity contribution in [1.82, 2.24) is 0 Å². The van der Waals surface area contributed by atoms with Gasteiger partial charge in [0.15, 0.2) is 0 Å². The summed E-state index contributed by atoms with van der Waals surface area (Å²) in [6.07, 6.45) is 4.76. The molecular formula is C8H16N2. The van der Waals surface area contributed by atoms with Crippen molar-refractivity contribution in [3.63, 3.8) is 0 Å². The molecule has 0 spiro atoms. The summed E-state index contributed by atoms with van der Waals surface area (Å²) >= 11 is 0. The van der Waals surface area contributed by atoms with Crippen LogP contribution in [0.4, 0.5) is 0 Å². The van der Waals surface area contributed by atoms with Gasteiger partial charge in [0.05, 0.1) is 0 Å². The van der Waals surface area contributed by atoms with Gasteiger partial charge in [-0.15, -0.1) is 0 Å². The van der Waals surface area contributed by atoms with E-state index in [1.165, 1.54) is 6.42 Å². The molecule has 0 radical (unpaired) electrons. The first-order valence-corrected chi connectivity index (χ1v) is 3.88. The van der Waals surface area contributed by atoms with Gasteiger partial charge in [-0.1, -0.05) is 20.3 Å². The van der Waals surface area contributed by atoms with E-state index in [4.69, 9.17) is 5.41 Å². The molecule has 2 nitrogen and oxygen atoms in total. The molecule has 0 aliphatic rings. The second-order valence-electron chi connectivity index (χ2n) is 2.27. The van der Waals surface area contributed by atoms with Gasteiger partial charge in [-0.2, -0.15) is 0 Å². The summed E-state index contributed by atoms with van der Waals surface area (Å²) in [5.41, 5.74) is 0.621. The number of nitrogens with zero attached hydrogens (tertiary/aromatic N) is 1. The SMILES string of the molecule is CCCCN=CC(=N)CC. The predicted octanol–water partition coefficient (Wildman–Crippen LogP) is 2.29. The fraction of sp³-hybridized carbons (Fsp3) is 0.750. The molecule has 10 heavy (non-hydrogen) atoms. The summed E-state index contributed by atoms with van der Waals surface area (Å²) < 4.78 is 0. The topological polar surface area (TPSA) is 36.2 Å². The Labute approximate surface area is 62.9 Å². The van der Waals surface area contributed by atoms with Gasteiger partial charge < -0.3 is 5.41 Å². The van der Waals surface area contributed by atoms with Crippen molar-refractivity contribution in [3.05, 3.63) is 0 Å². The molecule has 0 rings (SSSR count). The third-order valence-electron chi connectivity index (χ3n) is 1.27. The first-order chi connectivity index (χ1) is 4.81. The van der Waals surface area contributed by atoms with Gasteiger partial charge in [-0.3, -0.25) is 4.99 Å². The van der Waals surface area contributed by atoms with E-state index in [1.807, 2.05) is 6.92 Å². The van der Waals surface area contributed by atoms with Crippen molar-refractivity contribution in [3.8, 4) is 0 Å². The summed E-state index contributed by atoms with van der Waals surface area (Å²) in [6, 6.07) is 0. The van der Waals surface area contributed by atoms with Gasteiger partial charge in [-0.05, 0) is 12.8 Å². The van der Waals surface area contributed by atoms with E-state index in [1.54, 1.807) is 6.21 Å². The summed E-state index contributed by atoms with van der Waals surface area (Å²) in [5, 5.41) is 7.22. The zero-order valence-electron chi connectivity index (χ0n) is 6.85. The normalized spacial score (nSPS) is 10.6. The van der Waals surface area contributed by atoms with Crippen LogP contribution in [-0.2, 0) is 0 Å². The molecule has 0 saturated carbocycles. The molecule has 0 aromatic carbocycles. The standard InChI is InChI=1S/C8H16N2/c1-3-5-6-10-7-8(9)4-2/h7,9H,3-6H2,1-2H3. The highest BCUT2D eigenvalue weighted by molar-refractivity contribution is 6.28. The molecule has 0 saturated heterocycles. The molecule has 0 fully saturated rings. The quantitative estimate of drug-likeness (QED) is 0.449. The monoisotopic (exact) mass is 140 g/mol. The van der Waals surface area contributed by atoms with Crippen molar-refractivity contribution in [2.45, 2.75) is 33.1 Å². The van der Waals surface area contributed by atoms with Crippen LogP contribution in [-0.4, -0.2) is 18.5 Å². The Hall–Kier alpha value is -0.660. The number of nitrogens with one attached hydrogen (secondary N) is 1. The van der Waals surface area contributed by atoms with E-state index >= 15 is 0 Å². The second kappa shape index (κ2) is 6.46. The van der Waals surface area contributed by atoms with Crippen molar-refractivity contribution in [2.75, 3.05) is 6.54 Å². The summed E-state index contributed by atoms with van der Waals surface area (Å²) in [5.74, 6) is 0. The lowest BCUT2D eigenvalue weighted by molar-refractivity contribution is 0.810. The molecule has 0 unspecified atom stereocenters. The zero-order chi connectivity index (χ0) is 7.82. The Kier molecular flexibility index (Phi) is 6.03. The minimum atomic E-state index is 0.621. The Balaban J connectivity index is 3.27. The van der Waals surface area contributed by atoms with Crippen molar-refractivity contribution < 1.29 is 0 Å². The van der Waals surface area contributed by atoms with Gasteiger partial charge in [0.25, 0.3) is 0 Å². The third-order valence-corrected chi connectivity index (χ3v) is 1.27. The largest absolute Gasteiger partial charge is 0.304 e. The lowest BCUT2D eigenvalue weighted by atomic mass is 10.3. The van der Waals surface area contributed by atoms with Crippen molar-refractivity contribution in [2.24, 2.45) is 4.99 Å². The lowest BCUT2D eigenvalue weighted by Crippen LogP contribution is -1.95. The van der Waals surface area contributed by atoms with Gasteiger partial charge in [0.1, 0.15) is 0 Å². The first kappa shape index (κ1) is 9.34. The number of hydrogen-bond acceptors (Lipinski definition) is 2. The maximum absolute atomic E-state index is 7.22. The van der Waals surface area contributed by atoms with Crippen LogP contribution in [0.3, 0.4) is 0 Å². The van der Waals surface area contributed by atoms with Crippen LogP contribution < -0.4 is 0 Å². The van der Waals surface area contributed by atoms with Crippen molar-refractivity contribution >= 4 is 11.9 Å². The fourth-order valence-corrected chi connectivity index (χ4v) is 0.515. The molecule has 2 heteroatoms. The molecule has 0 heterocycles. The van der Waals surface area contributed by atoms with Crippen LogP contribution in [0.15, 0.2) is 4.99 Å². The average Bonchev–Trinajstić information content (AvgIpc) is 1.98. The third kappa shape index (κ3) is 5.48. The molecule has 0 amide bonds. The van der Waals surface area contributed by atoms with Gasteiger partial charge in [0.2, 0.25) is 0 Å². The molecule has 0 bridgehead atoms. The van der Waals surface area contributed by atoms with Crippen LogP contribution in [0.2, 0.25) is 0 Å². The van der Waals surface area contributed by atoms with Crippen LogP contribution in [0, 0.1) is 5.41 Å². The van der Waals surface area contributed by atoms with E-state index < -0.39 is 0 Å². The molecule has 58 valence electrons. The van der Waals surface area contributed by atoms with E-state index in [9.17, 15) is 0 Å². The number of aliphatic imine (C=N–C) groups is 1. The molecule has 0 aromatic rings. The smallest absolute Gasteiger partial charge is 0.0489 e. The minimum Gasteiger partial charge on any atom is -0.304 e. The Morgan fingerprint density at radius 3 is 2.70 bits per heavy atom. The van der Waals surface area contributed by atoms with Crippen LogP contribution >= 0.6 is 0 Å². The molecular weight excluding hydrogens is 124 g/mol. The van der Waals surface area contributed by atoms with Crippen molar-refractivity contribution in [1.29, 1.82) is 5.41 Å². The minimum absolute atomic E-state index is 0.621. The highest BCUT2D eigenvalue weighted by atomic mass is 14.7. The molecule has 0 aromatic heterocycles. The summed E-state index contributed by atoms with van der Waals surface area (Å²) in [4.78, 5) is 4.08. The lowest BCUT2D eigenvalue weighted by Gasteiger charge is -1.89. The Morgan fingerprint density at radius 2 is 2.20 bits per heavy atom. The molecule has 0 atom stereocenters. The maximum Gasteiger partial charge on any atom is 0.0489 e. The Morgan fingerprint density at radius 1 is 1.50 bits per heavy atom. The molecule has 0 aliphatic heterocycles. The van der Waals surface area contributed by atoms with E-state index in [2.05, 4.69) is 11.9 Å². The maximum atomic E-state index is 7.22. The fourth-order valence-electron chi connectivity index (χ4n) is 0.515. The summed E-state index contributed by atoms with van der Waals surface area (Å²) in [6.45, 7) is 4.98. The van der Waals surface area contributed by atoms with Gasteiger partial charge in [0, 0.05) is 18.5 Å². The van der Waals surface area contributed by atoms with Crippen LogP contribution in [0.5, 0.6) is 0 Å². The molecule has 0 aliphatic carbocycles. The average molecular weight is 140 g/mol. The van der Waals surface area contributed by atoms with Crippen LogP contribution in [0.1, 0.15) is 33.1 Å². The highest BCUT2D eigenvalue weighted by Gasteiger charge is 1.83. The van der Waals surface area contributed by atoms with Gasteiger partial charge in [-0.25, -0.2) is 0 Å². The first-order valence-electron chi connectivity index (χ1n) is 3.88. The number of rotatable bonds is 5. The second-order valence-corrected chi connectivity index (χ2v) is 2.27. The van der Waals surface area contributed by atoms with Crippen LogP contribution in [0.25, 0.3) is 0 Å². The number of hydrogen-bond donors (Lipinski definition) is 1. The Bertz CT molecular complexity index is 116. The summed E-state index contributed by atoms with van der Waals surface area (Å²) in [7, 11) is 0. The van der Waals surface area contributed by atoms with E-state index in [0.717, 1.165) is 19.4 Å².